The lowest BCUT2D eigenvalue weighted by molar-refractivity contribution is -0.145. The molecule has 0 aliphatic rings. The number of furan rings is 1. The largest absolute Gasteiger partial charge is 0.467 e. The molecule has 0 saturated heterocycles. The van der Waals surface area contributed by atoms with E-state index in [1.807, 2.05) is 37.3 Å². The number of hydrogen-bond donors (Lipinski definition) is 1. The Morgan fingerprint density at radius 3 is 2.56 bits per heavy atom. The van der Waals surface area contributed by atoms with Crippen LogP contribution in [0.4, 0.5) is 0 Å². The van der Waals surface area contributed by atoms with Crippen molar-refractivity contribution in [2.75, 3.05) is 19.7 Å². The third kappa shape index (κ3) is 6.08. The number of hydrogen-bond acceptors (Lipinski definition) is 5. The molecule has 0 radical (unpaired) electrons. The number of carbonyl (C=O) groups excluding carboxylic acids is 2. The number of esters is 1. The highest BCUT2D eigenvalue weighted by Crippen LogP contribution is 2.19. The summed E-state index contributed by atoms with van der Waals surface area (Å²) in [5.41, 5.74) is 1.03. The molecule has 1 N–H and O–H groups in total. The first-order valence-electron chi connectivity index (χ1n) is 8.33. The maximum atomic E-state index is 12.3. The van der Waals surface area contributed by atoms with Gasteiger partial charge in [0.2, 0.25) is 5.91 Å². The monoisotopic (exact) mass is 344 g/mol. The van der Waals surface area contributed by atoms with Crippen molar-refractivity contribution in [3.63, 3.8) is 0 Å². The smallest absolute Gasteiger partial charge is 0.320 e. The van der Waals surface area contributed by atoms with Gasteiger partial charge in [0.05, 0.1) is 32.5 Å². The maximum Gasteiger partial charge on any atom is 0.320 e. The Labute approximate surface area is 147 Å². The van der Waals surface area contributed by atoms with Crippen LogP contribution in [-0.2, 0) is 20.9 Å². The molecule has 0 spiro atoms. The Morgan fingerprint density at radius 2 is 1.92 bits per heavy atom. The molecule has 0 bridgehead atoms. The lowest BCUT2D eigenvalue weighted by atomic mass is 10.1. The van der Waals surface area contributed by atoms with E-state index in [0.717, 1.165) is 5.56 Å². The van der Waals surface area contributed by atoms with Crippen LogP contribution in [-0.4, -0.2) is 36.5 Å². The van der Waals surface area contributed by atoms with Crippen LogP contribution in [0.5, 0.6) is 0 Å². The summed E-state index contributed by atoms with van der Waals surface area (Å²) < 4.78 is 10.2. The highest BCUT2D eigenvalue weighted by atomic mass is 16.5. The molecule has 6 heteroatoms. The van der Waals surface area contributed by atoms with Gasteiger partial charge < -0.3 is 14.5 Å². The molecule has 1 aromatic heterocycles. The van der Waals surface area contributed by atoms with Gasteiger partial charge in [-0.1, -0.05) is 30.3 Å². The second-order valence-corrected chi connectivity index (χ2v) is 5.65. The predicted octanol–water partition coefficient (Wildman–Crippen LogP) is 2.52. The van der Waals surface area contributed by atoms with E-state index in [1.54, 1.807) is 30.2 Å². The molecule has 1 atom stereocenters. The van der Waals surface area contributed by atoms with Gasteiger partial charge in [-0.3, -0.25) is 14.5 Å². The average Bonchev–Trinajstić information content (AvgIpc) is 3.13. The van der Waals surface area contributed by atoms with Gasteiger partial charge in [-0.25, -0.2) is 0 Å². The van der Waals surface area contributed by atoms with Crippen LogP contribution in [0.15, 0.2) is 53.1 Å². The van der Waals surface area contributed by atoms with E-state index in [1.165, 1.54) is 0 Å². The summed E-state index contributed by atoms with van der Waals surface area (Å²) in [4.78, 5) is 26.0. The first-order valence-corrected chi connectivity index (χ1v) is 8.33. The Bertz CT molecular complexity index is 655. The van der Waals surface area contributed by atoms with Crippen molar-refractivity contribution < 1.29 is 18.7 Å². The van der Waals surface area contributed by atoms with Crippen molar-refractivity contribution in [1.29, 1.82) is 0 Å². The topological polar surface area (TPSA) is 71.8 Å². The van der Waals surface area contributed by atoms with Crippen LogP contribution in [0.2, 0.25) is 0 Å². The zero-order valence-electron chi connectivity index (χ0n) is 14.6. The van der Waals surface area contributed by atoms with Crippen LogP contribution in [0.3, 0.4) is 0 Å². The van der Waals surface area contributed by atoms with Crippen molar-refractivity contribution in [3.05, 3.63) is 60.1 Å². The molecule has 134 valence electrons. The van der Waals surface area contributed by atoms with Gasteiger partial charge in [0.15, 0.2) is 0 Å². The Balaban J connectivity index is 2.00. The molecular formula is C19H24N2O4. The van der Waals surface area contributed by atoms with Crippen molar-refractivity contribution in [2.45, 2.75) is 26.4 Å². The maximum absolute atomic E-state index is 12.3. The molecule has 1 unspecified atom stereocenters. The van der Waals surface area contributed by atoms with E-state index in [0.29, 0.717) is 18.9 Å². The Kier molecular flexibility index (Phi) is 7.22. The summed E-state index contributed by atoms with van der Waals surface area (Å²) in [6.07, 6.45) is 1.56. The number of amides is 1. The van der Waals surface area contributed by atoms with Gasteiger partial charge in [-0.05, 0) is 31.5 Å². The summed E-state index contributed by atoms with van der Waals surface area (Å²) in [5.74, 6) is 0.161. The van der Waals surface area contributed by atoms with Gasteiger partial charge in [0, 0.05) is 6.04 Å². The molecule has 2 rings (SSSR count). The van der Waals surface area contributed by atoms with E-state index in [2.05, 4.69) is 5.32 Å². The van der Waals surface area contributed by atoms with Crippen LogP contribution >= 0.6 is 0 Å². The first kappa shape index (κ1) is 18.7. The van der Waals surface area contributed by atoms with E-state index in [4.69, 9.17) is 9.15 Å². The number of nitrogens with zero attached hydrogens (tertiary/aromatic N) is 1. The van der Waals surface area contributed by atoms with Crippen molar-refractivity contribution in [2.24, 2.45) is 0 Å². The van der Waals surface area contributed by atoms with Gasteiger partial charge >= 0.3 is 5.97 Å². The third-order valence-corrected chi connectivity index (χ3v) is 3.85. The normalized spacial score (nSPS) is 12.0. The van der Waals surface area contributed by atoms with Gasteiger partial charge in [0.1, 0.15) is 5.76 Å². The molecule has 6 nitrogen and oxygen atoms in total. The summed E-state index contributed by atoms with van der Waals surface area (Å²) in [6, 6.07) is 13.2. The minimum Gasteiger partial charge on any atom is -0.467 e. The minimum absolute atomic E-state index is 0.0536. The molecule has 25 heavy (non-hydrogen) atoms. The van der Waals surface area contributed by atoms with Crippen LogP contribution in [0, 0.1) is 0 Å². The van der Waals surface area contributed by atoms with Crippen LogP contribution < -0.4 is 5.32 Å². The Morgan fingerprint density at radius 1 is 1.16 bits per heavy atom. The number of rotatable bonds is 9. The standard InChI is InChI=1S/C19H24N2O4/c1-3-24-19(23)14-21(15(2)16-8-5-4-6-9-16)13-18(22)20-12-17-10-7-11-25-17/h4-11,15H,3,12-14H2,1-2H3,(H,20,22). The van der Waals surface area contributed by atoms with Crippen molar-refractivity contribution >= 4 is 11.9 Å². The first-order chi connectivity index (χ1) is 12.1. The third-order valence-electron chi connectivity index (χ3n) is 3.85. The molecular weight excluding hydrogens is 320 g/mol. The molecule has 1 aromatic carbocycles. The van der Waals surface area contributed by atoms with E-state index in [-0.39, 0.29) is 31.0 Å². The molecule has 0 aliphatic carbocycles. The summed E-state index contributed by atoms with van der Waals surface area (Å²) >= 11 is 0. The zero-order valence-corrected chi connectivity index (χ0v) is 14.6. The summed E-state index contributed by atoms with van der Waals surface area (Å²) in [7, 11) is 0. The molecule has 0 saturated carbocycles. The number of ether oxygens (including phenoxy) is 1. The minimum atomic E-state index is -0.343. The van der Waals surface area contributed by atoms with Crippen molar-refractivity contribution in [3.8, 4) is 0 Å². The van der Waals surface area contributed by atoms with Crippen molar-refractivity contribution in [1.82, 2.24) is 10.2 Å². The lowest BCUT2D eigenvalue weighted by Crippen LogP contribution is -2.41. The second-order valence-electron chi connectivity index (χ2n) is 5.65. The van der Waals surface area contributed by atoms with Gasteiger partial charge in [0.25, 0.3) is 0 Å². The molecule has 1 heterocycles. The van der Waals surface area contributed by atoms with Crippen LogP contribution in [0.25, 0.3) is 0 Å². The highest BCUT2D eigenvalue weighted by Gasteiger charge is 2.22. The van der Waals surface area contributed by atoms with Crippen LogP contribution in [0.1, 0.15) is 31.2 Å². The van der Waals surface area contributed by atoms with Gasteiger partial charge in [-0.2, -0.15) is 0 Å². The van der Waals surface area contributed by atoms with E-state index >= 15 is 0 Å². The van der Waals surface area contributed by atoms with Gasteiger partial charge in [-0.15, -0.1) is 0 Å². The molecule has 0 aliphatic heterocycles. The Hall–Kier alpha value is -2.60. The lowest BCUT2D eigenvalue weighted by Gasteiger charge is -2.27. The molecule has 2 aromatic rings. The average molecular weight is 344 g/mol. The fraction of sp³-hybridized carbons (Fsp3) is 0.368. The zero-order chi connectivity index (χ0) is 18.1. The summed E-state index contributed by atoms with van der Waals surface area (Å²) in [5, 5.41) is 2.80. The molecule has 0 fully saturated rings. The van der Waals surface area contributed by atoms with E-state index < -0.39 is 0 Å². The molecule has 1 amide bonds. The van der Waals surface area contributed by atoms with E-state index in [9.17, 15) is 9.59 Å². The number of carbonyl (C=O) groups is 2. The SMILES string of the molecule is CCOC(=O)CN(CC(=O)NCc1ccco1)C(C)c1ccccc1. The second kappa shape index (κ2) is 9.64. The number of nitrogens with one attached hydrogen (secondary N) is 1. The quantitative estimate of drug-likeness (QED) is 0.708. The number of benzene rings is 1. The highest BCUT2D eigenvalue weighted by molar-refractivity contribution is 5.79. The predicted molar refractivity (Wildman–Crippen MR) is 93.6 cm³/mol. The fourth-order valence-electron chi connectivity index (χ4n) is 2.48. The fourth-order valence-corrected chi connectivity index (χ4v) is 2.48. The summed E-state index contributed by atoms with van der Waals surface area (Å²) in [6.45, 7) is 4.51.